The maximum Gasteiger partial charge on any atom is 0.274 e. The van der Waals surface area contributed by atoms with Crippen molar-refractivity contribution in [1.82, 2.24) is 0 Å². The van der Waals surface area contributed by atoms with E-state index in [1.54, 1.807) is 48.0 Å². The average Bonchev–Trinajstić information content (AvgIpc) is 3.31. The fourth-order valence-electron chi connectivity index (χ4n) is 3.47. The van der Waals surface area contributed by atoms with E-state index < -0.39 is 0 Å². The molecule has 2 aliphatic heterocycles. The first-order chi connectivity index (χ1) is 15.5. The third kappa shape index (κ3) is 3.61. The van der Waals surface area contributed by atoms with Crippen LogP contribution in [-0.4, -0.2) is 30.3 Å². The molecule has 0 aliphatic carbocycles. The third-order valence-corrected chi connectivity index (χ3v) is 7.50. The SMILES string of the molecule is COc1ccc2c(c1)N(C)/C(=C1/SC(=Nc3ccc(O)cc3)N(c3ccccc3)C1=O)S2. The van der Waals surface area contributed by atoms with E-state index in [2.05, 4.69) is 0 Å². The van der Waals surface area contributed by atoms with Gasteiger partial charge in [0.1, 0.15) is 16.4 Å². The molecule has 5 rings (SSSR count). The quantitative estimate of drug-likeness (QED) is 0.514. The highest BCUT2D eigenvalue weighted by atomic mass is 32.2. The number of amidine groups is 1. The molecule has 0 atom stereocenters. The van der Waals surface area contributed by atoms with Crippen LogP contribution in [0.4, 0.5) is 17.1 Å². The average molecular weight is 462 g/mol. The molecule has 6 nitrogen and oxygen atoms in total. The number of nitrogens with zero attached hydrogens (tertiary/aromatic N) is 3. The van der Waals surface area contributed by atoms with Crippen LogP contribution in [-0.2, 0) is 4.79 Å². The van der Waals surface area contributed by atoms with E-state index in [4.69, 9.17) is 9.73 Å². The Labute approximate surface area is 194 Å². The fraction of sp³-hybridized carbons (Fsp3) is 0.0833. The molecule has 160 valence electrons. The predicted molar refractivity (Wildman–Crippen MR) is 131 cm³/mol. The number of ether oxygens (including phenoxy) is 1. The summed E-state index contributed by atoms with van der Waals surface area (Å²) in [5.74, 6) is 0.824. The van der Waals surface area contributed by atoms with E-state index in [1.807, 2.05) is 60.5 Å². The molecular formula is C24H19N3O3S2. The van der Waals surface area contributed by atoms with Crippen LogP contribution in [0, 0.1) is 0 Å². The lowest BCUT2D eigenvalue weighted by Crippen LogP contribution is -2.29. The molecule has 0 spiro atoms. The lowest BCUT2D eigenvalue weighted by molar-refractivity contribution is -0.113. The van der Waals surface area contributed by atoms with Gasteiger partial charge in [0, 0.05) is 18.0 Å². The van der Waals surface area contributed by atoms with Crippen molar-refractivity contribution in [3.05, 3.63) is 82.7 Å². The number of para-hydroxylation sites is 1. The number of phenolic OH excluding ortho intramolecular Hbond substituents is 1. The molecule has 3 aromatic carbocycles. The van der Waals surface area contributed by atoms with Crippen LogP contribution in [0.5, 0.6) is 11.5 Å². The summed E-state index contributed by atoms with van der Waals surface area (Å²) in [6, 6.07) is 22.0. The Morgan fingerprint density at radius 1 is 0.969 bits per heavy atom. The number of anilines is 2. The van der Waals surface area contributed by atoms with Gasteiger partial charge in [-0.3, -0.25) is 9.69 Å². The normalized spacial score (nSPS) is 19.1. The van der Waals surface area contributed by atoms with Crippen LogP contribution in [0.2, 0.25) is 0 Å². The van der Waals surface area contributed by atoms with E-state index in [-0.39, 0.29) is 11.7 Å². The zero-order chi connectivity index (χ0) is 22.2. The minimum atomic E-state index is -0.118. The predicted octanol–water partition coefficient (Wildman–Crippen LogP) is 5.58. The summed E-state index contributed by atoms with van der Waals surface area (Å²) in [5.41, 5.74) is 2.41. The van der Waals surface area contributed by atoms with Gasteiger partial charge < -0.3 is 14.7 Å². The molecular weight excluding hydrogens is 442 g/mol. The van der Waals surface area contributed by atoms with Gasteiger partial charge in [-0.25, -0.2) is 4.99 Å². The summed E-state index contributed by atoms with van der Waals surface area (Å²) < 4.78 is 5.37. The van der Waals surface area contributed by atoms with Gasteiger partial charge in [-0.1, -0.05) is 30.0 Å². The smallest absolute Gasteiger partial charge is 0.274 e. The number of aromatic hydroxyl groups is 1. The van der Waals surface area contributed by atoms with Crippen LogP contribution < -0.4 is 14.5 Å². The van der Waals surface area contributed by atoms with Gasteiger partial charge >= 0.3 is 0 Å². The van der Waals surface area contributed by atoms with E-state index in [1.165, 1.54) is 11.8 Å². The first kappa shape index (κ1) is 20.5. The van der Waals surface area contributed by atoms with Gasteiger partial charge in [-0.05, 0) is 60.3 Å². The molecule has 1 N–H and O–H groups in total. The van der Waals surface area contributed by atoms with E-state index >= 15 is 0 Å². The van der Waals surface area contributed by atoms with E-state index in [0.29, 0.717) is 15.8 Å². The van der Waals surface area contributed by atoms with Crippen LogP contribution in [0.15, 0.2) is 92.6 Å². The zero-order valence-electron chi connectivity index (χ0n) is 17.4. The van der Waals surface area contributed by atoms with Crippen LogP contribution in [0.1, 0.15) is 0 Å². The number of fused-ring (bicyclic) bond motifs is 1. The molecule has 3 aromatic rings. The van der Waals surface area contributed by atoms with E-state index in [0.717, 1.165) is 27.0 Å². The highest BCUT2D eigenvalue weighted by Crippen LogP contribution is 2.51. The second-order valence-corrected chi connectivity index (χ2v) is 9.13. The molecule has 0 saturated carbocycles. The van der Waals surface area contributed by atoms with Gasteiger partial charge in [0.25, 0.3) is 5.91 Å². The first-order valence-corrected chi connectivity index (χ1v) is 11.5. The van der Waals surface area contributed by atoms with Crippen molar-refractivity contribution in [2.45, 2.75) is 4.90 Å². The molecule has 0 radical (unpaired) electrons. The van der Waals surface area contributed by atoms with Gasteiger partial charge in [0.05, 0.1) is 29.2 Å². The topological polar surface area (TPSA) is 65.4 Å². The minimum Gasteiger partial charge on any atom is -0.508 e. The summed E-state index contributed by atoms with van der Waals surface area (Å²) in [6.45, 7) is 0. The highest BCUT2D eigenvalue weighted by molar-refractivity contribution is 8.20. The van der Waals surface area contributed by atoms with Gasteiger partial charge in [0.2, 0.25) is 0 Å². The number of carbonyl (C=O) groups is 1. The second kappa shape index (κ2) is 8.29. The Morgan fingerprint density at radius 2 is 1.72 bits per heavy atom. The van der Waals surface area contributed by atoms with E-state index in [9.17, 15) is 9.90 Å². The number of carbonyl (C=O) groups excluding carboxylic acids is 1. The van der Waals surface area contributed by atoms with Gasteiger partial charge in [0.15, 0.2) is 5.17 Å². The lowest BCUT2D eigenvalue weighted by Gasteiger charge is -2.17. The summed E-state index contributed by atoms with van der Waals surface area (Å²) >= 11 is 2.92. The van der Waals surface area contributed by atoms with Crippen LogP contribution in [0.25, 0.3) is 0 Å². The fourth-order valence-corrected chi connectivity index (χ4v) is 5.80. The van der Waals surface area contributed by atoms with Gasteiger partial charge in [-0.2, -0.15) is 0 Å². The Morgan fingerprint density at radius 3 is 2.44 bits per heavy atom. The minimum absolute atomic E-state index is 0.118. The van der Waals surface area contributed by atoms with Crippen molar-refractivity contribution in [2.24, 2.45) is 4.99 Å². The standard InChI is InChI=1S/C24H19N3O3S2/c1-26-19-14-18(30-2)12-13-20(19)31-23(26)21-22(29)27(16-6-4-3-5-7-16)24(32-21)25-15-8-10-17(28)11-9-15/h3-14,28H,1-2H3/b23-21-,25-24?. The van der Waals surface area contributed by atoms with Crippen molar-refractivity contribution >= 4 is 51.7 Å². The number of thioether (sulfide) groups is 2. The number of phenols is 1. The lowest BCUT2D eigenvalue weighted by atomic mass is 10.2. The van der Waals surface area contributed by atoms with Crippen LogP contribution >= 0.6 is 23.5 Å². The summed E-state index contributed by atoms with van der Waals surface area (Å²) in [7, 11) is 3.60. The van der Waals surface area contributed by atoms with Gasteiger partial charge in [-0.15, -0.1) is 0 Å². The number of benzene rings is 3. The van der Waals surface area contributed by atoms with Crippen molar-refractivity contribution in [3.63, 3.8) is 0 Å². The molecule has 32 heavy (non-hydrogen) atoms. The molecule has 1 fully saturated rings. The molecule has 2 aliphatic rings. The van der Waals surface area contributed by atoms with Crippen molar-refractivity contribution < 1.29 is 14.6 Å². The number of hydrogen-bond donors (Lipinski definition) is 1. The molecule has 0 bridgehead atoms. The number of aliphatic imine (C=N–C) groups is 1. The molecule has 0 unspecified atom stereocenters. The summed E-state index contributed by atoms with van der Waals surface area (Å²) in [6.07, 6.45) is 0. The second-order valence-electron chi connectivity index (χ2n) is 7.12. The maximum atomic E-state index is 13.6. The summed E-state index contributed by atoms with van der Waals surface area (Å²) in [5, 5.41) is 11.0. The first-order valence-electron chi connectivity index (χ1n) is 9.84. The highest BCUT2D eigenvalue weighted by Gasteiger charge is 2.40. The molecule has 8 heteroatoms. The number of rotatable bonds is 3. The number of methoxy groups -OCH3 is 1. The van der Waals surface area contributed by atoms with Crippen molar-refractivity contribution in [3.8, 4) is 11.5 Å². The molecule has 2 heterocycles. The molecule has 0 aromatic heterocycles. The largest absolute Gasteiger partial charge is 0.508 e. The molecule has 1 saturated heterocycles. The van der Waals surface area contributed by atoms with Crippen molar-refractivity contribution in [2.75, 3.05) is 24.0 Å². The Bertz CT molecular complexity index is 1260. The third-order valence-electron chi connectivity index (χ3n) is 5.10. The van der Waals surface area contributed by atoms with Crippen molar-refractivity contribution in [1.29, 1.82) is 0 Å². The Hall–Kier alpha value is -3.36. The molecule has 1 amide bonds. The Kier molecular flexibility index (Phi) is 5.32. The monoisotopic (exact) mass is 461 g/mol. The Balaban J connectivity index is 1.59. The maximum absolute atomic E-state index is 13.6. The zero-order valence-corrected chi connectivity index (χ0v) is 19.0. The number of hydrogen-bond acceptors (Lipinski definition) is 7. The van der Waals surface area contributed by atoms with Crippen LogP contribution in [0.3, 0.4) is 0 Å². The number of amides is 1. The summed E-state index contributed by atoms with van der Waals surface area (Å²) in [4.78, 5) is 23.7.